The van der Waals surface area contributed by atoms with Crippen molar-refractivity contribution in [3.05, 3.63) is 48.3 Å². The number of ether oxygens (including phenoxy) is 1. The Balaban J connectivity index is 1.96. The van der Waals surface area contributed by atoms with E-state index in [2.05, 4.69) is 5.10 Å². The van der Waals surface area contributed by atoms with E-state index in [4.69, 9.17) is 4.74 Å². The summed E-state index contributed by atoms with van der Waals surface area (Å²) in [4.78, 5) is 26.0. The van der Waals surface area contributed by atoms with Crippen LogP contribution in [0.25, 0.3) is 5.69 Å². The number of hydrogen-bond acceptors (Lipinski definition) is 4. The molecule has 0 radical (unpaired) electrons. The fourth-order valence-electron chi connectivity index (χ4n) is 2.63. The molecule has 1 amide bonds. The van der Waals surface area contributed by atoms with Gasteiger partial charge in [0.25, 0.3) is 5.91 Å². The minimum absolute atomic E-state index is 0.0598. The van der Waals surface area contributed by atoms with E-state index >= 15 is 0 Å². The summed E-state index contributed by atoms with van der Waals surface area (Å²) >= 11 is 0. The number of hydrogen-bond donors (Lipinski definition) is 0. The lowest BCUT2D eigenvalue weighted by Crippen LogP contribution is -2.44. The lowest BCUT2D eigenvalue weighted by molar-refractivity contribution is -0.138. The van der Waals surface area contributed by atoms with E-state index in [1.807, 2.05) is 40.0 Å². The molecule has 2 rings (SSSR count). The Bertz CT molecular complexity index is 668. The molecule has 1 aromatic carbocycles. The highest BCUT2D eigenvalue weighted by atomic mass is 16.5. The summed E-state index contributed by atoms with van der Waals surface area (Å²) in [5.41, 5.74) is 1.25. The first kappa shape index (κ1) is 17.7. The van der Waals surface area contributed by atoms with Crippen molar-refractivity contribution in [2.24, 2.45) is 0 Å². The Labute approximate surface area is 142 Å². The summed E-state index contributed by atoms with van der Waals surface area (Å²) in [7, 11) is 0. The summed E-state index contributed by atoms with van der Waals surface area (Å²) < 4.78 is 6.85. The van der Waals surface area contributed by atoms with E-state index in [0.29, 0.717) is 5.56 Å². The van der Waals surface area contributed by atoms with Crippen LogP contribution in [-0.4, -0.2) is 45.2 Å². The summed E-state index contributed by atoms with van der Waals surface area (Å²) in [5.74, 6) is -0.704. The lowest BCUT2D eigenvalue weighted by Gasteiger charge is -2.30. The van der Waals surface area contributed by atoms with Crippen molar-refractivity contribution < 1.29 is 14.3 Å². The standard InChI is InChI=1S/C18H23N3O3/c1-13(2)21(14(3)4)17(22)12-24-18(23)15-6-8-16(9-7-15)20-11-5-10-19-20/h5-11,13-14H,12H2,1-4H3. The van der Waals surface area contributed by atoms with Gasteiger partial charge in [-0.2, -0.15) is 5.10 Å². The van der Waals surface area contributed by atoms with Gasteiger partial charge in [0.05, 0.1) is 11.3 Å². The summed E-state index contributed by atoms with van der Waals surface area (Å²) in [5, 5.41) is 4.12. The Morgan fingerprint density at radius 1 is 1.12 bits per heavy atom. The van der Waals surface area contributed by atoms with E-state index in [-0.39, 0.29) is 24.6 Å². The Morgan fingerprint density at radius 3 is 2.25 bits per heavy atom. The van der Waals surface area contributed by atoms with Crippen LogP contribution in [0, 0.1) is 0 Å². The predicted octanol–water partition coefficient (Wildman–Crippen LogP) is 2.67. The van der Waals surface area contributed by atoms with Gasteiger partial charge in [0.15, 0.2) is 6.61 Å². The Kier molecular flexibility index (Phi) is 5.73. The maximum Gasteiger partial charge on any atom is 0.338 e. The molecule has 0 saturated heterocycles. The molecule has 6 nitrogen and oxygen atoms in total. The molecule has 24 heavy (non-hydrogen) atoms. The van der Waals surface area contributed by atoms with Gasteiger partial charge in [-0.1, -0.05) is 0 Å². The molecule has 0 bridgehead atoms. The number of carbonyl (C=O) groups excluding carboxylic acids is 2. The van der Waals surface area contributed by atoms with Crippen molar-refractivity contribution in [2.75, 3.05) is 6.61 Å². The lowest BCUT2D eigenvalue weighted by atomic mass is 10.2. The monoisotopic (exact) mass is 329 g/mol. The highest BCUT2D eigenvalue weighted by molar-refractivity contribution is 5.91. The van der Waals surface area contributed by atoms with Crippen molar-refractivity contribution in [3.8, 4) is 5.69 Å². The van der Waals surface area contributed by atoms with E-state index in [1.165, 1.54) is 0 Å². The van der Waals surface area contributed by atoms with Crippen LogP contribution in [0.5, 0.6) is 0 Å². The van der Waals surface area contributed by atoms with Gasteiger partial charge >= 0.3 is 5.97 Å². The van der Waals surface area contributed by atoms with Crippen LogP contribution in [0.1, 0.15) is 38.1 Å². The number of esters is 1. The van der Waals surface area contributed by atoms with E-state index in [1.54, 1.807) is 40.0 Å². The highest BCUT2D eigenvalue weighted by Gasteiger charge is 2.21. The zero-order chi connectivity index (χ0) is 17.7. The maximum absolute atomic E-state index is 12.2. The summed E-state index contributed by atoms with van der Waals surface area (Å²) in [6.45, 7) is 7.50. The molecule has 128 valence electrons. The molecule has 0 spiro atoms. The van der Waals surface area contributed by atoms with Gasteiger partial charge in [0.2, 0.25) is 0 Å². The van der Waals surface area contributed by atoms with Crippen molar-refractivity contribution in [2.45, 2.75) is 39.8 Å². The largest absolute Gasteiger partial charge is 0.452 e. The Morgan fingerprint density at radius 2 is 1.75 bits per heavy atom. The van der Waals surface area contributed by atoms with Gasteiger partial charge in [0.1, 0.15) is 0 Å². The molecule has 0 aliphatic carbocycles. The Hall–Kier alpha value is -2.63. The summed E-state index contributed by atoms with van der Waals surface area (Å²) in [6.07, 6.45) is 3.50. The number of nitrogens with zero attached hydrogens (tertiary/aromatic N) is 3. The van der Waals surface area contributed by atoms with Crippen molar-refractivity contribution in [1.29, 1.82) is 0 Å². The van der Waals surface area contributed by atoms with Crippen LogP contribution < -0.4 is 0 Å². The van der Waals surface area contributed by atoms with Crippen LogP contribution >= 0.6 is 0 Å². The SMILES string of the molecule is CC(C)N(C(=O)COC(=O)c1ccc(-n2cccn2)cc1)C(C)C. The third kappa shape index (κ3) is 4.22. The average Bonchev–Trinajstić information content (AvgIpc) is 3.06. The molecule has 0 aliphatic rings. The van der Waals surface area contributed by atoms with Crippen LogP contribution in [0.15, 0.2) is 42.7 Å². The van der Waals surface area contributed by atoms with Crippen LogP contribution in [0.3, 0.4) is 0 Å². The zero-order valence-electron chi connectivity index (χ0n) is 14.5. The van der Waals surface area contributed by atoms with Gasteiger partial charge in [0, 0.05) is 24.5 Å². The second-order valence-electron chi connectivity index (χ2n) is 6.06. The second-order valence-corrected chi connectivity index (χ2v) is 6.06. The minimum Gasteiger partial charge on any atom is -0.452 e. The second kappa shape index (κ2) is 7.77. The van der Waals surface area contributed by atoms with Crippen molar-refractivity contribution in [1.82, 2.24) is 14.7 Å². The van der Waals surface area contributed by atoms with Crippen LogP contribution in [0.2, 0.25) is 0 Å². The van der Waals surface area contributed by atoms with E-state index in [9.17, 15) is 9.59 Å². The van der Waals surface area contributed by atoms with Crippen molar-refractivity contribution in [3.63, 3.8) is 0 Å². The first-order valence-corrected chi connectivity index (χ1v) is 7.98. The van der Waals surface area contributed by atoms with E-state index < -0.39 is 5.97 Å². The number of benzene rings is 1. The fraction of sp³-hybridized carbons (Fsp3) is 0.389. The molecule has 0 fully saturated rings. The quantitative estimate of drug-likeness (QED) is 0.764. The summed E-state index contributed by atoms with van der Waals surface area (Å²) in [6, 6.07) is 8.82. The normalized spacial score (nSPS) is 10.9. The molecule has 0 saturated carbocycles. The molecule has 0 atom stereocenters. The number of amides is 1. The number of aromatic nitrogens is 2. The third-order valence-electron chi connectivity index (χ3n) is 3.60. The molecule has 0 unspecified atom stereocenters. The zero-order valence-corrected chi connectivity index (χ0v) is 14.5. The maximum atomic E-state index is 12.2. The first-order chi connectivity index (χ1) is 11.4. The topological polar surface area (TPSA) is 64.4 Å². The first-order valence-electron chi connectivity index (χ1n) is 7.98. The van der Waals surface area contributed by atoms with E-state index in [0.717, 1.165) is 5.69 Å². The highest BCUT2D eigenvalue weighted by Crippen LogP contribution is 2.11. The van der Waals surface area contributed by atoms with Gasteiger partial charge < -0.3 is 9.64 Å². The van der Waals surface area contributed by atoms with Gasteiger partial charge in [-0.25, -0.2) is 9.48 Å². The van der Waals surface area contributed by atoms with Gasteiger partial charge in [-0.3, -0.25) is 4.79 Å². The molecule has 1 heterocycles. The molecule has 6 heteroatoms. The third-order valence-corrected chi connectivity index (χ3v) is 3.60. The average molecular weight is 329 g/mol. The van der Waals surface area contributed by atoms with Gasteiger partial charge in [-0.05, 0) is 58.0 Å². The van der Waals surface area contributed by atoms with Crippen molar-refractivity contribution >= 4 is 11.9 Å². The van der Waals surface area contributed by atoms with Crippen LogP contribution in [-0.2, 0) is 9.53 Å². The molecule has 0 aliphatic heterocycles. The molecular formula is C18H23N3O3. The van der Waals surface area contributed by atoms with Gasteiger partial charge in [-0.15, -0.1) is 0 Å². The van der Waals surface area contributed by atoms with Crippen LogP contribution in [0.4, 0.5) is 0 Å². The predicted molar refractivity (Wildman–Crippen MR) is 91.0 cm³/mol. The fourth-order valence-corrected chi connectivity index (χ4v) is 2.63. The number of rotatable bonds is 6. The molecule has 1 aromatic heterocycles. The molecular weight excluding hydrogens is 306 g/mol. The smallest absolute Gasteiger partial charge is 0.338 e. The number of carbonyl (C=O) groups is 2. The minimum atomic E-state index is -0.511. The molecule has 2 aromatic rings. The molecule has 0 N–H and O–H groups in total.